The number of hydrogen-bond donors (Lipinski definition) is 1. The second kappa shape index (κ2) is 3.87. The number of anilines is 1. The Labute approximate surface area is 98.5 Å². The second-order valence-electron chi connectivity index (χ2n) is 3.66. The molecule has 78 valence electrons. The minimum Gasteiger partial charge on any atom is -0.398 e. The van der Waals surface area contributed by atoms with Crippen molar-refractivity contribution in [3.8, 4) is 10.4 Å². The average Bonchev–Trinajstić information content (AvgIpc) is 2.46. The lowest BCUT2D eigenvalue weighted by molar-refractivity contribution is 1.47. The molecule has 0 amide bonds. The molecular weight excluding hydrogens is 226 g/mol. The molecule has 0 aliphatic rings. The van der Waals surface area contributed by atoms with Gasteiger partial charge in [-0.1, -0.05) is 23.7 Å². The van der Waals surface area contributed by atoms with E-state index in [1.807, 2.05) is 26.0 Å². The van der Waals surface area contributed by atoms with Crippen molar-refractivity contribution in [2.45, 2.75) is 13.8 Å². The Morgan fingerprint density at radius 1 is 1.20 bits per heavy atom. The van der Waals surface area contributed by atoms with Crippen LogP contribution in [0.5, 0.6) is 0 Å². The highest BCUT2D eigenvalue weighted by molar-refractivity contribution is 7.19. The fourth-order valence-electron chi connectivity index (χ4n) is 1.50. The van der Waals surface area contributed by atoms with Crippen LogP contribution in [0, 0.1) is 13.8 Å². The summed E-state index contributed by atoms with van der Waals surface area (Å²) < 4.78 is 0.838. The van der Waals surface area contributed by atoms with Crippen molar-refractivity contribution in [2.24, 2.45) is 0 Å². The molecule has 0 bridgehead atoms. The van der Waals surface area contributed by atoms with Gasteiger partial charge in [-0.05, 0) is 37.1 Å². The van der Waals surface area contributed by atoms with Crippen LogP contribution in [-0.2, 0) is 0 Å². The molecule has 2 N–H and O–H groups in total. The summed E-state index contributed by atoms with van der Waals surface area (Å²) in [7, 11) is 0. The lowest BCUT2D eigenvalue weighted by atomic mass is 10.1. The van der Waals surface area contributed by atoms with E-state index in [1.165, 1.54) is 5.56 Å². The minimum atomic E-state index is 0.813. The van der Waals surface area contributed by atoms with Crippen molar-refractivity contribution in [1.29, 1.82) is 0 Å². The number of halogens is 1. The van der Waals surface area contributed by atoms with E-state index in [9.17, 15) is 0 Å². The van der Waals surface area contributed by atoms with Crippen molar-refractivity contribution in [2.75, 3.05) is 5.73 Å². The fourth-order valence-corrected chi connectivity index (χ4v) is 2.75. The first-order chi connectivity index (χ1) is 7.08. The monoisotopic (exact) mass is 237 g/mol. The summed E-state index contributed by atoms with van der Waals surface area (Å²) in [5.41, 5.74) is 10.1. The Bertz CT molecular complexity index is 483. The van der Waals surface area contributed by atoms with Crippen molar-refractivity contribution in [3.63, 3.8) is 0 Å². The summed E-state index contributed by atoms with van der Waals surface area (Å²) in [6.07, 6.45) is 0. The Hall–Kier alpha value is -0.990. The van der Waals surface area contributed by atoms with Crippen LogP contribution in [0.15, 0.2) is 24.3 Å². The summed E-state index contributed by atoms with van der Waals surface area (Å²) in [5, 5.41) is 0. The van der Waals surface area contributed by atoms with E-state index < -0.39 is 0 Å². The molecule has 0 unspecified atom stereocenters. The number of aryl methyl sites for hydroxylation is 2. The zero-order valence-corrected chi connectivity index (χ0v) is 10.2. The first kappa shape index (κ1) is 10.5. The van der Waals surface area contributed by atoms with E-state index in [4.69, 9.17) is 17.3 Å². The molecule has 1 aromatic carbocycles. The van der Waals surface area contributed by atoms with Crippen molar-refractivity contribution >= 4 is 28.6 Å². The number of nitrogens with two attached hydrogens (primary N) is 1. The summed E-state index contributed by atoms with van der Waals surface area (Å²) in [6, 6.07) is 8.17. The van der Waals surface area contributed by atoms with E-state index in [0.717, 1.165) is 26.0 Å². The lowest BCUT2D eigenvalue weighted by Gasteiger charge is -2.03. The Morgan fingerprint density at radius 3 is 2.47 bits per heavy atom. The predicted molar refractivity (Wildman–Crippen MR) is 68.7 cm³/mol. The highest BCUT2D eigenvalue weighted by Crippen LogP contribution is 2.37. The van der Waals surface area contributed by atoms with Gasteiger partial charge in [0.1, 0.15) is 0 Å². The largest absolute Gasteiger partial charge is 0.398 e. The van der Waals surface area contributed by atoms with Crippen LogP contribution in [0.2, 0.25) is 4.34 Å². The van der Waals surface area contributed by atoms with Crippen molar-refractivity contribution in [1.82, 2.24) is 0 Å². The fraction of sp³-hybridized carbons (Fsp3) is 0.167. The summed E-state index contributed by atoms with van der Waals surface area (Å²) >= 11 is 7.61. The summed E-state index contributed by atoms with van der Waals surface area (Å²) in [4.78, 5) is 1.13. The van der Waals surface area contributed by atoms with E-state index in [0.29, 0.717) is 0 Å². The number of hydrogen-bond acceptors (Lipinski definition) is 2. The molecule has 0 radical (unpaired) electrons. The molecule has 2 aromatic rings. The molecule has 0 aliphatic carbocycles. The normalized spacial score (nSPS) is 10.6. The van der Waals surface area contributed by atoms with Crippen LogP contribution in [-0.4, -0.2) is 0 Å². The van der Waals surface area contributed by atoms with Gasteiger partial charge in [0.2, 0.25) is 0 Å². The zero-order chi connectivity index (χ0) is 11.0. The van der Waals surface area contributed by atoms with Crippen molar-refractivity contribution < 1.29 is 0 Å². The molecule has 0 spiro atoms. The highest BCUT2D eigenvalue weighted by atomic mass is 35.5. The Morgan fingerprint density at radius 2 is 1.93 bits per heavy atom. The van der Waals surface area contributed by atoms with Crippen LogP contribution in [0.25, 0.3) is 10.4 Å². The summed E-state index contributed by atoms with van der Waals surface area (Å²) in [6.45, 7) is 4.04. The third-order valence-electron chi connectivity index (χ3n) is 2.33. The average molecular weight is 238 g/mol. The molecule has 3 heteroatoms. The highest BCUT2D eigenvalue weighted by Gasteiger charge is 2.08. The first-order valence-corrected chi connectivity index (χ1v) is 5.90. The van der Waals surface area contributed by atoms with Gasteiger partial charge in [-0.15, -0.1) is 11.3 Å². The molecule has 1 heterocycles. The van der Waals surface area contributed by atoms with Gasteiger partial charge in [-0.3, -0.25) is 0 Å². The molecule has 15 heavy (non-hydrogen) atoms. The van der Waals surface area contributed by atoms with E-state index >= 15 is 0 Å². The standard InChI is InChI=1S/C12H12ClNS/c1-7-3-4-9(10(14)5-7)11-6-8(2)12(13)15-11/h3-6H,14H2,1-2H3. The second-order valence-corrected chi connectivity index (χ2v) is 5.31. The van der Waals surface area contributed by atoms with Crippen LogP contribution in [0.4, 0.5) is 5.69 Å². The van der Waals surface area contributed by atoms with Gasteiger partial charge < -0.3 is 5.73 Å². The Kier molecular flexibility index (Phi) is 2.72. The smallest absolute Gasteiger partial charge is 0.0964 e. The lowest BCUT2D eigenvalue weighted by Crippen LogP contribution is -1.89. The van der Waals surface area contributed by atoms with Crippen LogP contribution in [0.1, 0.15) is 11.1 Å². The van der Waals surface area contributed by atoms with E-state index in [1.54, 1.807) is 11.3 Å². The molecule has 0 atom stereocenters. The molecule has 0 aliphatic heterocycles. The van der Waals surface area contributed by atoms with Gasteiger partial charge >= 0.3 is 0 Å². The molecule has 1 nitrogen and oxygen atoms in total. The third-order valence-corrected chi connectivity index (χ3v) is 3.92. The first-order valence-electron chi connectivity index (χ1n) is 4.70. The van der Waals surface area contributed by atoms with Crippen molar-refractivity contribution in [3.05, 3.63) is 39.7 Å². The van der Waals surface area contributed by atoms with E-state index in [-0.39, 0.29) is 0 Å². The molecule has 0 saturated carbocycles. The quantitative estimate of drug-likeness (QED) is 0.737. The van der Waals surface area contributed by atoms with E-state index in [2.05, 4.69) is 12.1 Å². The van der Waals surface area contributed by atoms with Gasteiger partial charge in [0.05, 0.1) is 4.34 Å². The van der Waals surface area contributed by atoms with Gasteiger partial charge in [0.15, 0.2) is 0 Å². The predicted octanol–water partition coefficient (Wildman–Crippen LogP) is 4.27. The minimum absolute atomic E-state index is 0.813. The topological polar surface area (TPSA) is 26.0 Å². The third kappa shape index (κ3) is 2.01. The maximum atomic E-state index is 6.04. The molecule has 2 rings (SSSR count). The maximum absolute atomic E-state index is 6.04. The van der Waals surface area contributed by atoms with Gasteiger partial charge in [0, 0.05) is 16.1 Å². The zero-order valence-electron chi connectivity index (χ0n) is 8.67. The number of thiophene rings is 1. The molecule has 1 aromatic heterocycles. The SMILES string of the molecule is Cc1ccc(-c2cc(C)c(Cl)s2)c(N)c1. The van der Waals surface area contributed by atoms with Crippen LogP contribution < -0.4 is 5.73 Å². The maximum Gasteiger partial charge on any atom is 0.0964 e. The summed E-state index contributed by atoms with van der Waals surface area (Å²) in [5.74, 6) is 0. The van der Waals surface area contributed by atoms with Crippen LogP contribution >= 0.6 is 22.9 Å². The Balaban J connectivity index is 2.54. The molecule has 0 saturated heterocycles. The van der Waals surface area contributed by atoms with Gasteiger partial charge in [-0.2, -0.15) is 0 Å². The van der Waals surface area contributed by atoms with Crippen LogP contribution in [0.3, 0.4) is 0 Å². The van der Waals surface area contributed by atoms with Gasteiger partial charge in [-0.25, -0.2) is 0 Å². The number of benzene rings is 1. The number of nitrogen functional groups attached to an aromatic ring is 1. The molecule has 0 fully saturated rings. The molecular formula is C12H12ClNS. The number of rotatable bonds is 1. The van der Waals surface area contributed by atoms with Gasteiger partial charge in [0.25, 0.3) is 0 Å².